The first-order valence-corrected chi connectivity index (χ1v) is 12.8. The topological polar surface area (TPSA) is 110 Å². The van der Waals surface area contributed by atoms with E-state index in [-0.39, 0.29) is 21.0 Å². The molecule has 1 saturated carbocycles. The van der Waals surface area contributed by atoms with Crippen LogP contribution in [0.1, 0.15) is 70.9 Å². The summed E-state index contributed by atoms with van der Waals surface area (Å²) in [5, 5.41) is 10.5. The first kappa shape index (κ1) is 22.2. The van der Waals surface area contributed by atoms with Gasteiger partial charge in [0.05, 0.1) is 6.04 Å². The number of anilines is 1. The van der Waals surface area contributed by atoms with Gasteiger partial charge in [0.25, 0.3) is 10.0 Å². The molecule has 1 aliphatic carbocycles. The number of hydrogen-bond acceptors (Lipinski definition) is 7. The predicted octanol–water partition coefficient (Wildman–Crippen LogP) is 4.03. The van der Waals surface area contributed by atoms with Crippen LogP contribution in [0.4, 0.5) is 5.13 Å². The van der Waals surface area contributed by atoms with Crippen LogP contribution in [-0.4, -0.2) is 30.1 Å². The molecule has 1 aromatic heterocycles. The Morgan fingerprint density at radius 1 is 1.16 bits per heavy atom. The Hall–Kier alpha value is -2.04. The Labute approximate surface area is 186 Å². The number of carbonyl (C=O) groups excluding carboxylic acids is 1. The number of nitrogens with zero attached hydrogens (tertiary/aromatic N) is 2. The lowest BCUT2D eigenvalue weighted by atomic mass is 9.77. The first-order valence-electron chi connectivity index (χ1n) is 10.5. The Kier molecular flexibility index (Phi) is 5.82. The third kappa shape index (κ3) is 4.75. The zero-order valence-corrected chi connectivity index (χ0v) is 19.6. The van der Waals surface area contributed by atoms with Gasteiger partial charge in [-0.25, -0.2) is 13.1 Å². The number of ether oxygens (including phenoxy) is 1. The van der Waals surface area contributed by atoms with E-state index in [9.17, 15) is 13.2 Å². The van der Waals surface area contributed by atoms with Crippen LogP contribution >= 0.6 is 11.3 Å². The first-order chi connectivity index (χ1) is 14.6. The van der Waals surface area contributed by atoms with Gasteiger partial charge in [-0.15, -0.1) is 10.2 Å². The summed E-state index contributed by atoms with van der Waals surface area (Å²) in [6.45, 7) is 5.31. The lowest BCUT2D eigenvalue weighted by molar-refractivity contribution is -0.123. The summed E-state index contributed by atoms with van der Waals surface area (Å²) in [6, 6.07) is 7.17. The number of benzene rings is 1. The van der Waals surface area contributed by atoms with Crippen molar-refractivity contribution in [2.45, 2.75) is 75.3 Å². The highest BCUT2D eigenvalue weighted by Crippen LogP contribution is 2.46. The summed E-state index contributed by atoms with van der Waals surface area (Å²) in [5.74, 6) is 0.483. The Morgan fingerprint density at radius 2 is 1.87 bits per heavy atom. The zero-order valence-electron chi connectivity index (χ0n) is 18.0. The molecule has 1 fully saturated rings. The predicted molar refractivity (Wildman–Crippen MR) is 119 cm³/mol. The van der Waals surface area contributed by atoms with Crippen LogP contribution in [0.2, 0.25) is 0 Å². The lowest BCUT2D eigenvalue weighted by Crippen LogP contribution is -2.46. The molecule has 31 heavy (non-hydrogen) atoms. The molecule has 1 aliphatic heterocycles. The maximum absolute atomic E-state index is 13.1. The molecule has 0 unspecified atom stereocenters. The van der Waals surface area contributed by atoms with E-state index < -0.39 is 21.5 Å². The summed E-state index contributed by atoms with van der Waals surface area (Å²) >= 11 is 0.845. The molecule has 0 bridgehead atoms. The third-order valence-electron chi connectivity index (χ3n) is 5.80. The van der Waals surface area contributed by atoms with Crippen LogP contribution < -0.4 is 14.8 Å². The molecule has 4 rings (SSSR count). The van der Waals surface area contributed by atoms with Gasteiger partial charge in [0.15, 0.2) is 0 Å². The second-order valence-electron chi connectivity index (χ2n) is 9.34. The smallest absolute Gasteiger partial charge is 0.270 e. The molecular weight excluding hydrogens is 436 g/mol. The van der Waals surface area contributed by atoms with E-state index in [1.54, 1.807) is 20.8 Å². The minimum Gasteiger partial charge on any atom is -0.487 e. The summed E-state index contributed by atoms with van der Waals surface area (Å²) in [7, 11) is -3.92. The number of carbonyl (C=O) groups is 1. The molecular formula is C21H28N4O4S2. The second-order valence-corrected chi connectivity index (χ2v) is 12.2. The zero-order chi connectivity index (χ0) is 22.3. The van der Waals surface area contributed by atoms with Crippen molar-refractivity contribution in [3.05, 3.63) is 29.8 Å². The summed E-state index contributed by atoms with van der Waals surface area (Å²) < 4.78 is 35.3. The van der Waals surface area contributed by atoms with Gasteiger partial charge in [0, 0.05) is 17.4 Å². The van der Waals surface area contributed by atoms with Crippen LogP contribution in [0.5, 0.6) is 5.75 Å². The second kappa shape index (κ2) is 8.14. The average molecular weight is 465 g/mol. The molecule has 168 valence electrons. The molecule has 1 atom stereocenters. The normalized spacial score (nSPS) is 20.7. The highest BCUT2D eigenvalue weighted by Gasteiger charge is 2.43. The largest absolute Gasteiger partial charge is 0.487 e. The minimum atomic E-state index is -3.92. The Morgan fingerprint density at radius 3 is 2.58 bits per heavy atom. The van der Waals surface area contributed by atoms with Crippen LogP contribution in [0, 0.1) is 5.41 Å². The standard InChI is InChI=1S/C21H28N4O4S2/c1-20(2,3)17(26)22-18-23-24-19(30-18)31(27,28)25-15-13-21(11-7-4-8-12-21)29-16-10-6-5-9-14(15)16/h5-6,9-10,15,25H,4,7-8,11-13H2,1-3H3,(H,22,23,26)/t15-/m1/s1. The fourth-order valence-electron chi connectivity index (χ4n) is 4.12. The van der Waals surface area contributed by atoms with Crippen LogP contribution in [0.25, 0.3) is 0 Å². The molecule has 1 aromatic carbocycles. The maximum atomic E-state index is 13.1. The highest BCUT2D eigenvalue weighted by molar-refractivity contribution is 7.91. The lowest BCUT2D eigenvalue weighted by Gasteiger charge is -2.44. The molecule has 2 aliphatic rings. The number of hydrogen-bond donors (Lipinski definition) is 2. The summed E-state index contributed by atoms with van der Waals surface area (Å²) in [6.07, 6.45) is 5.75. The van der Waals surface area contributed by atoms with E-state index in [0.717, 1.165) is 48.3 Å². The fourth-order valence-corrected chi connectivity index (χ4v) is 6.24. The molecule has 2 heterocycles. The Balaban J connectivity index is 1.57. The molecule has 1 spiro atoms. The highest BCUT2D eigenvalue weighted by atomic mass is 32.2. The van der Waals surface area contributed by atoms with Gasteiger partial charge in [0.2, 0.25) is 15.4 Å². The van der Waals surface area contributed by atoms with E-state index in [4.69, 9.17) is 4.74 Å². The number of fused-ring (bicyclic) bond motifs is 1. The van der Waals surface area contributed by atoms with E-state index in [1.165, 1.54) is 6.42 Å². The van der Waals surface area contributed by atoms with Crippen molar-refractivity contribution in [1.82, 2.24) is 14.9 Å². The Bertz CT molecular complexity index is 1070. The molecule has 2 N–H and O–H groups in total. The van der Waals surface area contributed by atoms with Gasteiger partial charge in [-0.3, -0.25) is 4.79 Å². The molecule has 0 radical (unpaired) electrons. The summed E-state index contributed by atoms with van der Waals surface area (Å²) in [4.78, 5) is 12.2. The number of para-hydroxylation sites is 1. The van der Waals surface area contributed by atoms with Crippen molar-refractivity contribution in [3.63, 3.8) is 0 Å². The summed E-state index contributed by atoms with van der Waals surface area (Å²) in [5.41, 5.74) is -0.136. The van der Waals surface area contributed by atoms with Gasteiger partial charge in [-0.1, -0.05) is 56.7 Å². The average Bonchev–Trinajstić information content (AvgIpc) is 3.17. The molecule has 8 nitrogen and oxygen atoms in total. The van der Waals surface area contributed by atoms with E-state index >= 15 is 0 Å². The van der Waals surface area contributed by atoms with E-state index in [1.807, 2.05) is 24.3 Å². The molecule has 10 heteroatoms. The van der Waals surface area contributed by atoms with Crippen molar-refractivity contribution in [2.24, 2.45) is 5.41 Å². The fraction of sp³-hybridized carbons (Fsp3) is 0.571. The van der Waals surface area contributed by atoms with Gasteiger partial charge < -0.3 is 10.1 Å². The quantitative estimate of drug-likeness (QED) is 0.661. The third-order valence-corrected chi connectivity index (χ3v) is 8.48. The van der Waals surface area contributed by atoms with Gasteiger partial charge in [-0.2, -0.15) is 0 Å². The number of aromatic nitrogens is 2. The van der Waals surface area contributed by atoms with Crippen LogP contribution in [0.3, 0.4) is 0 Å². The number of nitrogens with one attached hydrogen (secondary N) is 2. The molecule has 2 aromatic rings. The van der Waals surface area contributed by atoms with Crippen molar-refractivity contribution >= 4 is 32.4 Å². The number of sulfonamides is 1. The van der Waals surface area contributed by atoms with Crippen molar-refractivity contribution in [2.75, 3.05) is 5.32 Å². The molecule has 1 amide bonds. The molecule has 0 saturated heterocycles. The number of rotatable bonds is 4. The number of amides is 1. The maximum Gasteiger partial charge on any atom is 0.270 e. The monoisotopic (exact) mass is 464 g/mol. The van der Waals surface area contributed by atoms with Gasteiger partial charge in [-0.05, 0) is 31.7 Å². The van der Waals surface area contributed by atoms with Crippen LogP contribution in [-0.2, 0) is 14.8 Å². The van der Waals surface area contributed by atoms with E-state index in [2.05, 4.69) is 20.2 Å². The van der Waals surface area contributed by atoms with Gasteiger partial charge in [0.1, 0.15) is 11.4 Å². The van der Waals surface area contributed by atoms with Crippen molar-refractivity contribution in [3.8, 4) is 5.75 Å². The van der Waals surface area contributed by atoms with Crippen LogP contribution in [0.15, 0.2) is 28.6 Å². The van der Waals surface area contributed by atoms with Crippen molar-refractivity contribution in [1.29, 1.82) is 0 Å². The van der Waals surface area contributed by atoms with E-state index in [0.29, 0.717) is 6.42 Å². The SMILES string of the molecule is CC(C)(C)C(=O)Nc1nnc(S(=O)(=O)N[C@@H]2CC3(CCCCC3)Oc3ccccc32)s1. The van der Waals surface area contributed by atoms with Crippen molar-refractivity contribution < 1.29 is 17.9 Å². The van der Waals surface area contributed by atoms with Gasteiger partial charge >= 0.3 is 0 Å². The minimum absolute atomic E-state index is 0.163.